The average Bonchev–Trinajstić information content (AvgIpc) is 2.84. The van der Waals surface area contributed by atoms with Gasteiger partial charge in [0.25, 0.3) is 0 Å². The fourth-order valence-corrected chi connectivity index (χ4v) is 3.92. The Morgan fingerprint density at radius 3 is 2.06 bits per heavy atom. The van der Waals surface area contributed by atoms with Crippen LogP contribution < -0.4 is 0 Å². The first-order chi connectivity index (χ1) is 7.46. The van der Waals surface area contributed by atoms with E-state index in [0.717, 1.165) is 5.92 Å². The highest BCUT2D eigenvalue weighted by molar-refractivity contribution is 5.32. The molecule has 2 saturated carbocycles. The van der Waals surface area contributed by atoms with Crippen molar-refractivity contribution < 1.29 is 0 Å². The number of hydrogen-bond acceptors (Lipinski definition) is 0. The van der Waals surface area contributed by atoms with Crippen molar-refractivity contribution in [2.75, 3.05) is 0 Å². The molecule has 0 aromatic heterocycles. The first-order valence-corrected chi connectivity index (χ1v) is 6.87. The summed E-state index contributed by atoms with van der Waals surface area (Å²) in [6.45, 7) is 7.23. The van der Waals surface area contributed by atoms with Crippen LogP contribution in [0.25, 0.3) is 0 Å². The molecule has 88 valence electrons. The highest BCUT2D eigenvalue weighted by Crippen LogP contribution is 2.59. The fraction of sp³-hybridized carbons (Fsp3) is 0.750. The van der Waals surface area contributed by atoms with Crippen molar-refractivity contribution in [1.82, 2.24) is 0 Å². The number of rotatable bonds is 0. The molecule has 0 nitrogen and oxygen atoms in total. The third-order valence-electron chi connectivity index (χ3n) is 5.08. The second-order valence-corrected chi connectivity index (χ2v) is 7.32. The molecule has 0 heteroatoms. The predicted molar refractivity (Wildman–Crippen MR) is 69.2 cm³/mol. The van der Waals surface area contributed by atoms with Crippen LogP contribution in [0.3, 0.4) is 0 Å². The second kappa shape index (κ2) is 3.03. The zero-order valence-corrected chi connectivity index (χ0v) is 10.9. The second-order valence-electron chi connectivity index (χ2n) is 7.32. The Kier molecular flexibility index (Phi) is 2.01. The van der Waals surface area contributed by atoms with Crippen molar-refractivity contribution in [3.05, 3.63) is 24.3 Å². The van der Waals surface area contributed by atoms with Crippen molar-refractivity contribution in [1.29, 1.82) is 0 Å². The van der Waals surface area contributed by atoms with Crippen LogP contribution in [-0.4, -0.2) is 0 Å². The Morgan fingerprint density at radius 2 is 1.56 bits per heavy atom. The molecule has 3 aliphatic rings. The van der Waals surface area contributed by atoms with Crippen LogP contribution >= 0.6 is 0 Å². The highest BCUT2D eigenvalue weighted by atomic mass is 14.5. The van der Waals surface area contributed by atoms with E-state index in [4.69, 9.17) is 0 Å². The molecule has 0 heterocycles. The van der Waals surface area contributed by atoms with E-state index in [1.54, 1.807) is 0 Å². The molecule has 16 heavy (non-hydrogen) atoms. The molecule has 0 aromatic carbocycles. The van der Waals surface area contributed by atoms with Crippen molar-refractivity contribution >= 4 is 0 Å². The maximum atomic E-state index is 2.57. The molecule has 0 N–H and O–H groups in total. The predicted octanol–water partition coefficient (Wildman–Crippen LogP) is 4.73. The van der Waals surface area contributed by atoms with E-state index in [0.29, 0.717) is 16.2 Å². The van der Waals surface area contributed by atoms with Crippen molar-refractivity contribution in [2.24, 2.45) is 22.2 Å². The zero-order valence-electron chi connectivity index (χ0n) is 10.9. The third kappa shape index (κ3) is 1.49. The van der Waals surface area contributed by atoms with Crippen molar-refractivity contribution in [3.63, 3.8) is 0 Å². The third-order valence-corrected chi connectivity index (χ3v) is 5.08. The summed E-state index contributed by atoms with van der Waals surface area (Å²) in [6.07, 6.45) is 17.2. The molecular formula is C16H24. The zero-order chi connectivity index (χ0) is 11.4. The molecule has 1 unspecified atom stereocenters. The Balaban J connectivity index is 1.91. The molecule has 0 bridgehead atoms. The van der Waals surface area contributed by atoms with Crippen LogP contribution in [0.5, 0.6) is 0 Å². The Bertz CT molecular complexity index is 331. The molecule has 0 saturated heterocycles. The SMILES string of the molecule is CC(C)(C)C1CCCC12C=CC1(C=C2)CC1. The van der Waals surface area contributed by atoms with Crippen LogP contribution in [0.1, 0.15) is 52.9 Å². The van der Waals surface area contributed by atoms with E-state index < -0.39 is 0 Å². The first kappa shape index (κ1) is 10.6. The van der Waals surface area contributed by atoms with Gasteiger partial charge in [-0.25, -0.2) is 0 Å². The van der Waals surface area contributed by atoms with Gasteiger partial charge in [-0.3, -0.25) is 0 Å². The maximum Gasteiger partial charge on any atom is 0.00948 e. The molecule has 2 spiro atoms. The minimum Gasteiger partial charge on any atom is -0.0777 e. The monoisotopic (exact) mass is 216 g/mol. The number of hydrogen-bond donors (Lipinski definition) is 0. The molecule has 1 atom stereocenters. The molecule has 0 aliphatic heterocycles. The van der Waals surface area contributed by atoms with Gasteiger partial charge in [-0.05, 0) is 37.0 Å². The highest BCUT2D eigenvalue weighted by Gasteiger charge is 2.49. The van der Waals surface area contributed by atoms with Crippen LogP contribution in [-0.2, 0) is 0 Å². The van der Waals surface area contributed by atoms with Gasteiger partial charge in [-0.2, -0.15) is 0 Å². The van der Waals surface area contributed by atoms with Crippen LogP contribution in [0, 0.1) is 22.2 Å². The molecule has 3 aliphatic carbocycles. The Morgan fingerprint density at radius 1 is 0.938 bits per heavy atom. The minimum atomic E-state index is 0.409. The van der Waals surface area contributed by atoms with Gasteiger partial charge in [0.1, 0.15) is 0 Å². The average molecular weight is 216 g/mol. The summed E-state index contributed by atoms with van der Waals surface area (Å²) in [5.74, 6) is 0.837. The fourth-order valence-electron chi connectivity index (χ4n) is 3.92. The van der Waals surface area contributed by atoms with Gasteiger partial charge in [0.2, 0.25) is 0 Å². The van der Waals surface area contributed by atoms with Gasteiger partial charge in [0, 0.05) is 10.8 Å². The van der Waals surface area contributed by atoms with Crippen LogP contribution in [0.15, 0.2) is 24.3 Å². The summed E-state index contributed by atoms with van der Waals surface area (Å²) in [4.78, 5) is 0. The van der Waals surface area contributed by atoms with Crippen molar-refractivity contribution in [2.45, 2.75) is 52.9 Å². The largest absolute Gasteiger partial charge is 0.0777 e. The molecule has 2 fully saturated rings. The lowest BCUT2D eigenvalue weighted by molar-refractivity contribution is 0.163. The lowest BCUT2D eigenvalue weighted by Crippen LogP contribution is -2.33. The molecule has 0 aromatic rings. The van der Waals surface area contributed by atoms with Crippen molar-refractivity contribution in [3.8, 4) is 0 Å². The molecule has 3 rings (SSSR count). The maximum absolute atomic E-state index is 2.57. The summed E-state index contributed by atoms with van der Waals surface area (Å²) in [6, 6.07) is 0. The summed E-state index contributed by atoms with van der Waals surface area (Å²) < 4.78 is 0. The Hall–Kier alpha value is -0.520. The molecular weight excluding hydrogens is 192 g/mol. The van der Waals surface area contributed by atoms with Gasteiger partial charge >= 0.3 is 0 Å². The topological polar surface area (TPSA) is 0 Å². The van der Waals surface area contributed by atoms with E-state index in [1.807, 2.05) is 0 Å². The normalized spacial score (nSPS) is 33.8. The lowest BCUT2D eigenvalue weighted by atomic mass is 9.64. The summed E-state index contributed by atoms with van der Waals surface area (Å²) in [7, 11) is 0. The van der Waals surface area contributed by atoms with Gasteiger partial charge < -0.3 is 0 Å². The summed E-state index contributed by atoms with van der Waals surface area (Å²) >= 11 is 0. The van der Waals surface area contributed by atoms with E-state index in [2.05, 4.69) is 45.1 Å². The van der Waals surface area contributed by atoms with E-state index in [9.17, 15) is 0 Å². The van der Waals surface area contributed by atoms with Gasteiger partial charge in [-0.15, -0.1) is 0 Å². The molecule has 0 radical (unpaired) electrons. The van der Waals surface area contributed by atoms with E-state index in [1.165, 1.54) is 32.1 Å². The van der Waals surface area contributed by atoms with E-state index in [-0.39, 0.29) is 0 Å². The summed E-state index contributed by atoms with van der Waals surface area (Å²) in [5, 5.41) is 0. The number of allylic oxidation sites excluding steroid dienone is 4. The quantitative estimate of drug-likeness (QED) is 0.514. The van der Waals surface area contributed by atoms with Gasteiger partial charge in [-0.1, -0.05) is 51.5 Å². The smallest absolute Gasteiger partial charge is 0.00948 e. The van der Waals surface area contributed by atoms with E-state index >= 15 is 0 Å². The van der Waals surface area contributed by atoms with Gasteiger partial charge in [0.15, 0.2) is 0 Å². The standard InChI is InChI=1S/C16H24/c1-14(2,3)13-5-4-6-16(13)11-9-15(7-8-15)10-12-16/h9-13H,4-8H2,1-3H3. The van der Waals surface area contributed by atoms with Crippen LogP contribution in [0.2, 0.25) is 0 Å². The summed E-state index contributed by atoms with van der Waals surface area (Å²) in [5.41, 5.74) is 1.36. The molecule has 0 amide bonds. The Labute approximate surface area is 99.8 Å². The van der Waals surface area contributed by atoms with Gasteiger partial charge in [0.05, 0.1) is 0 Å². The van der Waals surface area contributed by atoms with Crippen LogP contribution in [0.4, 0.5) is 0 Å². The first-order valence-electron chi connectivity index (χ1n) is 6.87. The minimum absolute atomic E-state index is 0.409. The lowest BCUT2D eigenvalue weighted by Gasteiger charge is -2.41.